The van der Waals surface area contributed by atoms with E-state index in [-0.39, 0.29) is 0 Å². The molecule has 1 rings (SSSR count). The monoisotopic (exact) mass is 122 g/mol. The fourth-order valence-electron chi connectivity index (χ4n) is 1.31. The van der Waals surface area contributed by atoms with Gasteiger partial charge in [0.25, 0.3) is 0 Å². The van der Waals surface area contributed by atoms with Gasteiger partial charge in [0.15, 0.2) is 0 Å². The van der Waals surface area contributed by atoms with E-state index in [0.29, 0.717) is 0 Å². The molecule has 1 aliphatic rings. The summed E-state index contributed by atoms with van der Waals surface area (Å²) in [7, 11) is 0. The molecule has 0 aromatic carbocycles. The number of hydrogen-bond acceptors (Lipinski definition) is 0. The van der Waals surface area contributed by atoms with Gasteiger partial charge in [-0.05, 0) is 0 Å². The Bertz CT molecular complexity index is 46.1. The average Bonchev–Trinajstić information content (AvgIpc) is 1.69. The van der Waals surface area contributed by atoms with Gasteiger partial charge in [-0.2, -0.15) is 0 Å². The van der Waals surface area contributed by atoms with Crippen molar-refractivity contribution >= 4 is 49.0 Å². The summed E-state index contributed by atoms with van der Waals surface area (Å²) in [5.41, 5.74) is 0. The van der Waals surface area contributed by atoms with Crippen LogP contribution >= 0.6 is 0 Å². The van der Waals surface area contributed by atoms with Crippen molar-refractivity contribution in [3.8, 4) is 0 Å². The summed E-state index contributed by atoms with van der Waals surface area (Å²) in [6, 6.07) is 0. The fraction of sp³-hybridized carbons (Fsp3) is 1.00. The Morgan fingerprint density at radius 1 is 1.00 bits per heavy atom. The molecule has 1 aliphatic carbocycles. The van der Waals surface area contributed by atoms with Crippen LogP contribution in [0.5, 0.6) is 0 Å². The third-order valence-corrected chi connectivity index (χ3v) is 3.70. The van der Waals surface area contributed by atoms with Crippen molar-refractivity contribution in [1.82, 2.24) is 0 Å². The molecule has 0 aliphatic heterocycles. The molecule has 0 amide bonds. The van der Waals surface area contributed by atoms with Crippen LogP contribution in [0.25, 0.3) is 0 Å². The SMILES string of the molecule is [K][CH]1CCCCC1. The van der Waals surface area contributed by atoms with Gasteiger partial charge in [0.1, 0.15) is 0 Å². The van der Waals surface area contributed by atoms with E-state index in [9.17, 15) is 0 Å². The summed E-state index contributed by atoms with van der Waals surface area (Å²) < 4.78 is 1.22. The van der Waals surface area contributed by atoms with Gasteiger partial charge in [0.05, 0.1) is 0 Å². The van der Waals surface area contributed by atoms with E-state index >= 15 is 0 Å². The zero-order valence-electron chi connectivity index (χ0n) is 5.11. The van der Waals surface area contributed by atoms with Crippen molar-refractivity contribution in [1.29, 1.82) is 0 Å². The van der Waals surface area contributed by atoms with E-state index < -0.39 is 0 Å². The molecular weight excluding hydrogens is 111 g/mol. The van der Waals surface area contributed by atoms with Crippen molar-refractivity contribution in [2.24, 2.45) is 0 Å². The summed E-state index contributed by atoms with van der Waals surface area (Å²) in [6.45, 7) is 0. The molecular formula is C6H11K. The van der Waals surface area contributed by atoms with Gasteiger partial charge in [-0.3, -0.25) is 0 Å². The quantitative estimate of drug-likeness (QED) is 0.430. The van der Waals surface area contributed by atoms with Crippen LogP contribution in [0.3, 0.4) is 0 Å². The van der Waals surface area contributed by atoms with E-state index in [1.54, 1.807) is 12.8 Å². The van der Waals surface area contributed by atoms with E-state index in [0.717, 1.165) is 49.0 Å². The standard InChI is InChI=1S/C6H11.K/c1-2-4-6-5-3-1;/h1H,2-6H2;. The van der Waals surface area contributed by atoms with Crippen molar-refractivity contribution in [3.05, 3.63) is 0 Å². The predicted octanol–water partition coefficient (Wildman–Crippen LogP) is 1.91. The van der Waals surface area contributed by atoms with Crippen LogP contribution in [0.2, 0.25) is 0.0125 Å². The van der Waals surface area contributed by atoms with Gasteiger partial charge in [-0.25, -0.2) is 0 Å². The second kappa shape index (κ2) is 3.62. The van der Waals surface area contributed by atoms with Crippen molar-refractivity contribution < 1.29 is 0 Å². The molecule has 1 saturated carbocycles. The molecule has 0 saturated heterocycles. The van der Waals surface area contributed by atoms with Crippen LogP contribution in [-0.4, -0.2) is 49.0 Å². The summed E-state index contributed by atoms with van der Waals surface area (Å²) in [6.07, 6.45) is 7.73. The van der Waals surface area contributed by atoms with Gasteiger partial charge in [-0.15, -0.1) is 0 Å². The molecule has 0 nitrogen and oxygen atoms in total. The van der Waals surface area contributed by atoms with Crippen molar-refractivity contribution in [3.63, 3.8) is 0 Å². The molecule has 0 radical (unpaired) electrons. The van der Waals surface area contributed by atoms with E-state index in [2.05, 4.69) is 0 Å². The third-order valence-electron chi connectivity index (χ3n) is 1.89. The molecule has 0 atom stereocenters. The maximum absolute atomic E-state index is 1.57. The molecule has 0 unspecified atom stereocenters. The normalized spacial score (nSPS) is 25.4. The van der Waals surface area contributed by atoms with Crippen molar-refractivity contribution in [2.75, 3.05) is 0 Å². The Morgan fingerprint density at radius 3 is 1.86 bits per heavy atom. The molecule has 0 bridgehead atoms. The Hall–Kier alpha value is 1.64. The Kier molecular flexibility index (Phi) is 3.49. The molecule has 0 aromatic heterocycles. The van der Waals surface area contributed by atoms with Gasteiger partial charge in [-0.1, -0.05) is 0 Å². The van der Waals surface area contributed by atoms with Crippen LogP contribution in [0.4, 0.5) is 0 Å². The summed E-state index contributed by atoms with van der Waals surface area (Å²) in [5, 5.41) is 0. The topological polar surface area (TPSA) is 0 Å². The first kappa shape index (κ1) is 6.75. The first-order chi connectivity index (χ1) is 3.39. The first-order valence-corrected chi connectivity index (χ1v) is 5.20. The van der Waals surface area contributed by atoms with Gasteiger partial charge >= 0.3 is 81.1 Å². The Balaban J connectivity index is 2.12. The van der Waals surface area contributed by atoms with Gasteiger partial charge in [0.2, 0.25) is 0 Å². The molecule has 36 valence electrons. The van der Waals surface area contributed by atoms with E-state index in [4.69, 9.17) is 0 Å². The zero-order chi connectivity index (χ0) is 5.11. The zero-order valence-corrected chi connectivity index (χ0v) is 8.24. The van der Waals surface area contributed by atoms with E-state index in [1.807, 2.05) is 0 Å². The Morgan fingerprint density at radius 2 is 1.57 bits per heavy atom. The number of hydrogen-bond donors (Lipinski definition) is 0. The molecule has 0 aromatic rings. The summed E-state index contributed by atoms with van der Waals surface area (Å²) in [5.74, 6) is 0. The van der Waals surface area contributed by atoms with Crippen LogP contribution in [-0.2, 0) is 0 Å². The third kappa shape index (κ3) is 2.61. The molecule has 0 N–H and O–H groups in total. The fourth-order valence-corrected chi connectivity index (χ4v) is 2.58. The minimum atomic E-state index is 1.13. The minimum absolute atomic E-state index is 1.13. The molecule has 1 heteroatoms. The maximum atomic E-state index is 1.57. The Labute approximate surface area is 79.6 Å². The first-order valence-electron chi connectivity index (χ1n) is 3.39. The summed E-state index contributed by atoms with van der Waals surface area (Å²) in [4.78, 5) is 0. The molecule has 0 spiro atoms. The second-order valence-corrected chi connectivity index (χ2v) is 5.29. The van der Waals surface area contributed by atoms with Crippen LogP contribution in [0, 0.1) is 0 Å². The molecule has 7 heavy (non-hydrogen) atoms. The molecule has 0 heterocycles. The van der Waals surface area contributed by atoms with E-state index in [1.165, 1.54) is 19.3 Å². The van der Waals surface area contributed by atoms with Crippen molar-refractivity contribution in [2.45, 2.75) is 32.1 Å². The summed E-state index contributed by atoms with van der Waals surface area (Å²) >= 11 is 1.13. The van der Waals surface area contributed by atoms with Crippen LogP contribution < -0.4 is 0 Å². The van der Waals surface area contributed by atoms with Gasteiger partial charge < -0.3 is 0 Å². The average molecular weight is 122 g/mol. The predicted molar refractivity (Wildman–Crippen MR) is 32.6 cm³/mol. The molecule has 1 fully saturated rings. The van der Waals surface area contributed by atoms with Crippen LogP contribution in [0.15, 0.2) is 0 Å². The second-order valence-electron chi connectivity index (χ2n) is 2.74. The van der Waals surface area contributed by atoms with Crippen LogP contribution in [0.1, 0.15) is 32.1 Å². The van der Waals surface area contributed by atoms with Gasteiger partial charge in [0, 0.05) is 0 Å². The number of rotatable bonds is 0.